The molecule has 0 radical (unpaired) electrons. The van der Waals surface area contributed by atoms with Crippen molar-refractivity contribution < 1.29 is 14.3 Å². The third-order valence-corrected chi connectivity index (χ3v) is 4.31. The van der Waals surface area contributed by atoms with Crippen molar-refractivity contribution in [2.45, 2.75) is 44.8 Å². The lowest BCUT2D eigenvalue weighted by atomic mass is 10.0. The summed E-state index contributed by atoms with van der Waals surface area (Å²) in [5, 5.41) is 17.6. The Balaban J connectivity index is 1.48. The number of hydrogen-bond acceptors (Lipinski definition) is 5. The molecule has 3 rings (SSSR count). The smallest absolute Gasteiger partial charge is 0.223 e. The normalized spacial score (nSPS) is 17.4. The van der Waals surface area contributed by atoms with Crippen molar-refractivity contribution in [1.82, 2.24) is 19.9 Å². The van der Waals surface area contributed by atoms with Crippen molar-refractivity contribution >= 4 is 5.91 Å². The largest absolute Gasteiger partial charge is 0.469 e. The Hall–Kier alpha value is -2.15. The van der Waals surface area contributed by atoms with Crippen LogP contribution >= 0.6 is 0 Å². The van der Waals surface area contributed by atoms with Crippen LogP contribution < -0.4 is 0 Å². The van der Waals surface area contributed by atoms with E-state index in [0.29, 0.717) is 18.5 Å². The number of aliphatic hydroxyl groups excluding tert-OH is 1. The third-order valence-electron chi connectivity index (χ3n) is 4.31. The van der Waals surface area contributed by atoms with E-state index in [9.17, 15) is 9.90 Å². The minimum atomic E-state index is -0.605. The van der Waals surface area contributed by atoms with E-state index < -0.39 is 6.10 Å². The minimum Gasteiger partial charge on any atom is -0.469 e. The number of hydrogen-bond donors (Lipinski definition) is 1. The molecule has 0 bridgehead atoms. The van der Waals surface area contributed by atoms with Crippen molar-refractivity contribution in [1.29, 1.82) is 0 Å². The van der Waals surface area contributed by atoms with Gasteiger partial charge in [0.1, 0.15) is 11.5 Å². The highest BCUT2D eigenvalue weighted by Gasteiger charge is 2.24. The maximum atomic E-state index is 12.2. The lowest BCUT2D eigenvalue weighted by Crippen LogP contribution is -2.39. The monoisotopic (exact) mass is 318 g/mol. The van der Waals surface area contributed by atoms with Crippen molar-refractivity contribution in [3.8, 4) is 0 Å². The van der Waals surface area contributed by atoms with Crippen LogP contribution in [0.4, 0.5) is 0 Å². The molecular formula is C16H22N4O3. The van der Waals surface area contributed by atoms with Crippen molar-refractivity contribution in [2.75, 3.05) is 13.1 Å². The van der Waals surface area contributed by atoms with Gasteiger partial charge in [-0.25, -0.2) is 4.68 Å². The molecule has 7 nitrogen and oxygen atoms in total. The number of aromatic nitrogens is 3. The second-order valence-corrected chi connectivity index (χ2v) is 5.99. The minimum absolute atomic E-state index is 0.170. The topological polar surface area (TPSA) is 84.4 Å². The van der Waals surface area contributed by atoms with E-state index in [1.54, 1.807) is 19.4 Å². The second kappa shape index (κ2) is 6.95. The maximum Gasteiger partial charge on any atom is 0.223 e. The summed E-state index contributed by atoms with van der Waals surface area (Å²) in [6.45, 7) is 3.13. The maximum absolute atomic E-state index is 12.2. The fraction of sp³-hybridized carbons (Fsp3) is 0.562. The molecule has 0 aromatic carbocycles. The number of aryl methyl sites for hydroxylation is 1. The number of furan rings is 1. The fourth-order valence-electron chi connectivity index (χ4n) is 2.88. The number of carbonyl (C=O) groups excluding carboxylic acids is 1. The van der Waals surface area contributed by atoms with Gasteiger partial charge in [-0.15, -0.1) is 5.10 Å². The molecule has 2 aromatic rings. The molecule has 7 heteroatoms. The third kappa shape index (κ3) is 3.79. The fourth-order valence-corrected chi connectivity index (χ4v) is 2.88. The van der Waals surface area contributed by atoms with Gasteiger partial charge >= 0.3 is 0 Å². The molecule has 3 heterocycles. The number of nitrogens with zero attached hydrogens (tertiary/aromatic N) is 4. The quantitative estimate of drug-likeness (QED) is 0.907. The van der Waals surface area contributed by atoms with Crippen LogP contribution in [0, 0.1) is 0 Å². The van der Waals surface area contributed by atoms with E-state index in [2.05, 4.69) is 10.3 Å². The summed E-state index contributed by atoms with van der Waals surface area (Å²) < 4.78 is 7.07. The first-order valence-electron chi connectivity index (χ1n) is 8.03. The van der Waals surface area contributed by atoms with Crippen LogP contribution in [0.5, 0.6) is 0 Å². The van der Waals surface area contributed by atoms with Gasteiger partial charge in [0.25, 0.3) is 0 Å². The molecule has 1 fully saturated rings. The van der Waals surface area contributed by atoms with Crippen LogP contribution in [0.25, 0.3) is 0 Å². The average molecular weight is 318 g/mol. The van der Waals surface area contributed by atoms with Gasteiger partial charge in [0.15, 0.2) is 0 Å². The highest BCUT2D eigenvalue weighted by molar-refractivity contribution is 5.76. The van der Waals surface area contributed by atoms with Crippen molar-refractivity contribution in [3.63, 3.8) is 0 Å². The Morgan fingerprint density at radius 3 is 2.87 bits per heavy atom. The molecule has 1 aliphatic heterocycles. The first kappa shape index (κ1) is 15.7. The van der Waals surface area contributed by atoms with Gasteiger partial charge in [-0.3, -0.25) is 4.79 Å². The summed E-state index contributed by atoms with van der Waals surface area (Å²) in [4.78, 5) is 14.2. The highest BCUT2D eigenvalue weighted by atomic mass is 16.3. The van der Waals surface area contributed by atoms with Crippen LogP contribution in [0.3, 0.4) is 0 Å². The number of piperidine rings is 1. The molecule has 23 heavy (non-hydrogen) atoms. The van der Waals surface area contributed by atoms with Gasteiger partial charge < -0.3 is 14.4 Å². The molecule has 2 aromatic heterocycles. The predicted molar refractivity (Wildman–Crippen MR) is 82.5 cm³/mol. The zero-order valence-corrected chi connectivity index (χ0v) is 13.3. The zero-order valence-electron chi connectivity index (χ0n) is 13.3. The van der Waals surface area contributed by atoms with E-state index in [4.69, 9.17) is 4.42 Å². The summed E-state index contributed by atoms with van der Waals surface area (Å²) in [5.41, 5.74) is 0.585. The highest BCUT2D eigenvalue weighted by Crippen LogP contribution is 2.23. The lowest BCUT2D eigenvalue weighted by molar-refractivity contribution is -0.132. The summed E-state index contributed by atoms with van der Waals surface area (Å²) in [7, 11) is 0. The van der Waals surface area contributed by atoms with Crippen molar-refractivity contribution in [2.24, 2.45) is 0 Å². The Labute approximate surface area is 134 Å². The molecule has 1 atom stereocenters. The molecule has 0 aliphatic carbocycles. The Kier molecular flexibility index (Phi) is 4.76. The first-order chi connectivity index (χ1) is 11.1. The molecule has 0 saturated carbocycles. The number of carbonyl (C=O) groups is 1. The standard InChI is InChI=1S/C16H22N4O3/c1-12(21)15-11-20(18-17-15)13-6-8-19(9-7-13)16(22)5-4-14-3-2-10-23-14/h2-3,10-13,21H,4-9H2,1H3. The Morgan fingerprint density at radius 1 is 1.48 bits per heavy atom. The Morgan fingerprint density at radius 2 is 2.26 bits per heavy atom. The summed E-state index contributed by atoms with van der Waals surface area (Å²) >= 11 is 0. The van der Waals surface area contributed by atoms with Crippen LogP contribution in [0.15, 0.2) is 29.0 Å². The summed E-state index contributed by atoms with van der Waals surface area (Å²) in [6.07, 6.45) is 5.66. The number of likely N-dealkylation sites (tertiary alicyclic amines) is 1. The molecule has 0 spiro atoms. The molecule has 1 aliphatic rings. The first-order valence-corrected chi connectivity index (χ1v) is 8.03. The molecule has 124 valence electrons. The Bertz CT molecular complexity index is 628. The van der Waals surface area contributed by atoms with Crippen LogP contribution in [-0.2, 0) is 11.2 Å². The van der Waals surface area contributed by atoms with Gasteiger partial charge in [0.05, 0.1) is 24.6 Å². The predicted octanol–water partition coefficient (Wildman–Crippen LogP) is 1.72. The SMILES string of the molecule is CC(O)c1cn(C2CCN(C(=O)CCc3ccco3)CC2)nn1. The zero-order chi connectivity index (χ0) is 16.2. The molecule has 1 amide bonds. The molecular weight excluding hydrogens is 296 g/mol. The van der Waals surface area contributed by atoms with Crippen molar-refractivity contribution in [3.05, 3.63) is 36.0 Å². The van der Waals surface area contributed by atoms with E-state index >= 15 is 0 Å². The molecule has 1 saturated heterocycles. The second-order valence-electron chi connectivity index (χ2n) is 5.99. The van der Waals surface area contributed by atoms with Crippen LogP contribution in [0.1, 0.15) is 49.8 Å². The number of amides is 1. The summed E-state index contributed by atoms with van der Waals surface area (Å²) in [5.74, 6) is 1.02. The van der Waals surface area contributed by atoms with Gasteiger partial charge in [-0.2, -0.15) is 0 Å². The average Bonchev–Trinajstić information content (AvgIpc) is 3.24. The number of rotatable bonds is 5. The number of aliphatic hydroxyl groups is 1. The van der Waals surface area contributed by atoms with Gasteiger partial charge in [0, 0.05) is 25.9 Å². The van der Waals surface area contributed by atoms with E-state index in [-0.39, 0.29) is 11.9 Å². The summed E-state index contributed by atoms with van der Waals surface area (Å²) in [6, 6.07) is 3.97. The van der Waals surface area contributed by atoms with Gasteiger partial charge in [0.2, 0.25) is 5.91 Å². The van der Waals surface area contributed by atoms with E-state index in [1.165, 1.54) is 0 Å². The van der Waals surface area contributed by atoms with E-state index in [1.807, 2.05) is 21.7 Å². The van der Waals surface area contributed by atoms with E-state index in [0.717, 1.165) is 31.7 Å². The van der Waals surface area contributed by atoms with Crippen LogP contribution in [-0.4, -0.2) is 44.0 Å². The van der Waals surface area contributed by atoms with Gasteiger partial charge in [-0.1, -0.05) is 5.21 Å². The molecule has 1 N–H and O–H groups in total. The van der Waals surface area contributed by atoms with Gasteiger partial charge in [-0.05, 0) is 31.9 Å². The van der Waals surface area contributed by atoms with Crippen LogP contribution in [0.2, 0.25) is 0 Å². The lowest BCUT2D eigenvalue weighted by Gasteiger charge is -2.31. The molecule has 1 unspecified atom stereocenters.